The molecule has 0 aliphatic rings. The van der Waals surface area contributed by atoms with Crippen LogP contribution in [0.15, 0.2) is 29.1 Å². The molecule has 0 atom stereocenters. The summed E-state index contributed by atoms with van der Waals surface area (Å²) in [6, 6.07) is 5.90. The molecule has 0 unspecified atom stereocenters. The van der Waals surface area contributed by atoms with Crippen LogP contribution >= 0.6 is 0 Å². The number of aromatic amines is 1. The predicted octanol–water partition coefficient (Wildman–Crippen LogP) is 0.914. The maximum atomic E-state index is 12.8. The molecular formula is C9H8FN3O. The van der Waals surface area contributed by atoms with Gasteiger partial charge in [0.2, 0.25) is 0 Å². The van der Waals surface area contributed by atoms with Crippen LogP contribution in [0, 0.1) is 5.82 Å². The van der Waals surface area contributed by atoms with Crippen LogP contribution in [0.2, 0.25) is 0 Å². The molecule has 0 spiro atoms. The van der Waals surface area contributed by atoms with E-state index in [0.717, 1.165) is 0 Å². The van der Waals surface area contributed by atoms with E-state index in [1.165, 1.54) is 23.9 Å². The first-order valence-electron chi connectivity index (χ1n) is 4.06. The topological polar surface area (TPSA) is 50.7 Å². The van der Waals surface area contributed by atoms with Gasteiger partial charge in [0.1, 0.15) is 5.82 Å². The van der Waals surface area contributed by atoms with Crippen LogP contribution in [0.1, 0.15) is 0 Å². The molecule has 72 valence electrons. The van der Waals surface area contributed by atoms with Crippen LogP contribution < -0.4 is 5.69 Å². The highest BCUT2D eigenvalue weighted by Gasteiger charge is 2.04. The predicted molar refractivity (Wildman–Crippen MR) is 49.2 cm³/mol. The fourth-order valence-electron chi connectivity index (χ4n) is 1.17. The lowest BCUT2D eigenvalue weighted by atomic mass is 10.2. The maximum absolute atomic E-state index is 12.8. The van der Waals surface area contributed by atoms with Crippen LogP contribution in [0.25, 0.3) is 11.4 Å². The zero-order valence-electron chi connectivity index (χ0n) is 7.49. The molecule has 2 rings (SSSR count). The summed E-state index contributed by atoms with van der Waals surface area (Å²) in [6.45, 7) is 0. The van der Waals surface area contributed by atoms with Gasteiger partial charge in [0.15, 0.2) is 5.82 Å². The fraction of sp³-hybridized carbons (Fsp3) is 0.111. The minimum Gasteiger partial charge on any atom is -0.289 e. The van der Waals surface area contributed by atoms with Gasteiger partial charge < -0.3 is 0 Å². The molecule has 0 radical (unpaired) electrons. The summed E-state index contributed by atoms with van der Waals surface area (Å²) in [7, 11) is 1.53. The molecule has 0 amide bonds. The Morgan fingerprint density at radius 3 is 2.86 bits per heavy atom. The van der Waals surface area contributed by atoms with Crippen LogP contribution in [0.3, 0.4) is 0 Å². The van der Waals surface area contributed by atoms with Gasteiger partial charge in [-0.05, 0) is 12.1 Å². The fourth-order valence-corrected chi connectivity index (χ4v) is 1.17. The van der Waals surface area contributed by atoms with Crippen molar-refractivity contribution in [3.63, 3.8) is 0 Å². The first-order valence-corrected chi connectivity index (χ1v) is 4.06. The number of nitrogens with zero attached hydrogens (tertiary/aromatic N) is 2. The second-order valence-corrected chi connectivity index (χ2v) is 2.91. The minimum atomic E-state index is -0.353. The van der Waals surface area contributed by atoms with E-state index in [1.807, 2.05) is 0 Å². The first-order chi connectivity index (χ1) is 6.66. The largest absolute Gasteiger partial charge is 0.343 e. The van der Waals surface area contributed by atoms with Gasteiger partial charge in [-0.25, -0.2) is 13.9 Å². The van der Waals surface area contributed by atoms with E-state index in [9.17, 15) is 9.18 Å². The molecular weight excluding hydrogens is 185 g/mol. The zero-order chi connectivity index (χ0) is 10.1. The van der Waals surface area contributed by atoms with Crippen LogP contribution in [0.5, 0.6) is 0 Å². The second kappa shape index (κ2) is 3.10. The molecule has 5 heteroatoms. The number of halogens is 1. The Hall–Kier alpha value is -1.91. The standard InChI is InChI=1S/C9H8FN3O/c1-13-9(14)11-8(12-13)6-3-2-4-7(10)5-6/h2-5H,1H3,(H,11,12,14). The maximum Gasteiger partial charge on any atom is 0.343 e. The normalized spacial score (nSPS) is 10.4. The van der Waals surface area contributed by atoms with Crippen molar-refractivity contribution in [1.29, 1.82) is 0 Å². The number of hydrogen-bond acceptors (Lipinski definition) is 2. The number of nitrogens with one attached hydrogen (secondary N) is 1. The van der Waals surface area contributed by atoms with Crippen molar-refractivity contribution in [2.24, 2.45) is 7.05 Å². The van der Waals surface area contributed by atoms with Gasteiger partial charge in [0, 0.05) is 12.6 Å². The highest BCUT2D eigenvalue weighted by Crippen LogP contribution is 2.13. The van der Waals surface area contributed by atoms with Gasteiger partial charge in [-0.1, -0.05) is 12.1 Å². The number of aryl methyl sites for hydroxylation is 1. The third-order valence-corrected chi connectivity index (χ3v) is 1.87. The summed E-state index contributed by atoms with van der Waals surface area (Å²) >= 11 is 0. The average molecular weight is 193 g/mol. The number of benzene rings is 1. The summed E-state index contributed by atoms with van der Waals surface area (Å²) in [4.78, 5) is 13.6. The summed E-state index contributed by atoms with van der Waals surface area (Å²) in [6.07, 6.45) is 0. The SMILES string of the molecule is Cn1nc(-c2cccc(F)c2)[nH]c1=O. The van der Waals surface area contributed by atoms with E-state index in [-0.39, 0.29) is 11.5 Å². The lowest BCUT2D eigenvalue weighted by Crippen LogP contribution is -2.13. The Morgan fingerprint density at radius 1 is 1.50 bits per heavy atom. The summed E-state index contributed by atoms with van der Waals surface area (Å²) in [5.74, 6) is 0.0194. The van der Waals surface area contributed by atoms with Crippen molar-refractivity contribution in [3.05, 3.63) is 40.6 Å². The summed E-state index contributed by atoms with van der Waals surface area (Å²) < 4.78 is 14.0. The molecule has 1 aromatic heterocycles. The van der Waals surface area contributed by atoms with Crippen molar-refractivity contribution in [1.82, 2.24) is 14.8 Å². The number of rotatable bonds is 1. The van der Waals surface area contributed by atoms with Gasteiger partial charge in [-0.15, -0.1) is 0 Å². The van der Waals surface area contributed by atoms with Crippen molar-refractivity contribution in [3.8, 4) is 11.4 Å². The highest BCUT2D eigenvalue weighted by atomic mass is 19.1. The van der Waals surface area contributed by atoms with E-state index in [0.29, 0.717) is 11.4 Å². The van der Waals surface area contributed by atoms with Gasteiger partial charge >= 0.3 is 5.69 Å². The molecule has 0 saturated heterocycles. The molecule has 4 nitrogen and oxygen atoms in total. The highest BCUT2D eigenvalue weighted by molar-refractivity contribution is 5.53. The molecule has 14 heavy (non-hydrogen) atoms. The molecule has 0 fully saturated rings. The van der Waals surface area contributed by atoms with E-state index < -0.39 is 0 Å². The molecule has 1 N–H and O–H groups in total. The minimum absolute atomic E-state index is 0.315. The first kappa shape index (κ1) is 8.68. The number of H-pyrrole nitrogens is 1. The summed E-state index contributed by atoms with van der Waals surface area (Å²) in [5.41, 5.74) is 0.243. The zero-order valence-corrected chi connectivity index (χ0v) is 7.49. The van der Waals surface area contributed by atoms with E-state index >= 15 is 0 Å². The molecule has 1 heterocycles. The van der Waals surface area contributed by atoms with Crippen molar-refractivity contribution in [2.45, 2.75) is 0 Å². The lowest BCUT2D eigenvalue weighted by molar-refractivity contribution is 0.628. The van der Waals surface area contributed by atoms with Gasteiger partial charge in [0.25, 0.3) is 0 Å². The average Bonchev–Trinajstić information content (AvgIpc) is 2.47. The van der Waals surface area contributed by atoms with E-state index in [4.69, 9.17) is 0 Å². The molecule has 1 aromatic carbocycles. The van der Waals surface area contributed by atoms with Crippen LogP contribution in [-0.2, 0) is 7.05 Å². The molecule has 0 bridgehead atoms. The smallest absolute Gasteiger partial charge is 0.289 e. The van der Waals surface area contributed by atoms with Gasteiger partial charge in [-0.2, -0.15) is 5.10 Å². The Morgan fingerprint density at radius 2 is 2.29 bits per heavy atom. The number of aromatic nitrogens is 3. The number of hydrogen-bond donors (Lipinski definition) is 1. The molecule has 0 aliphatic heterocycles. The van der Waals surface area contributed by atoms with Crippen molar-refractivity contribution < 1.29 is 4.39 Å². The third kappa shape index (κ3) is 1.44. The molecule has 2 aromatic rings. The van der Waals surface area contributed by atoms with Crippen LogP contribution in [0.4, 0.5) is 4.39 Å². The third-order valence-electron chi connectivity index (χ3n) is 1.87. The van der Waals surface area contributed by atoms with Gasteiger partial charge in [0.05, 0.1) is 0 Å². The Labute approximate surface area is 79.0 Å². The van der Waals surface area contributed by atoms with E-state index in [1.54, 1.807) is 12.1 Å². The lowest BCUT2D eigenvalue weighted by Gasteiger charge is -1.94. The Kier molecular flexibility index (Phi) is 1.92. The van der Waals surface area contributed by atoms with Gasteiger partial charge in [-0.3, -0.25) is 4.98 Å². The molecule has 0 saturated carbocycles. The van der Waals surface area contributed by atoms with Crippen LogP contribution in [-0.4, -0.2) is 14.8 Å². The monoisotopic (exact) mass is 193 g/mol. The second-order valence-electron chi connectivity index (χ2n) is 2.91. The van der Waals surface area contributed by atoms with E-state index in [2.05, 4.69) is 10.1 Å². The van der Waals surface area contributed by atoms with Crippen molar-refractivity contribution >= 4 is 0 Å². The Bertz CT molecular complexity index is 515. The summed E-state index contributed by atoms with van der Waals surface area (Å²) in [5, 5.41) is 3.90. The van der Waals surface area contributed by atoms with Crippen molar-refractivity contribution in [2.75, 3.05) is 0 Å². The molecule has 0 aliphatic carbocycles. The Balaban J connectivity index is 2.54. The quantitative estimate of drug-likeness (QED) is 0.732.